The van der Waals surface area contributed by atoms with E-state index in [0.29, 0.717) is 24.0 Å². The van der Waals surface area contributed by atoms with E-state index < -0.39 is 16.1 Å². The van der Waals surface area contributed by atoms with Crippen LogP contribution in [-0.2, 0) is 14.8 Å². The minimum atomic E-state index is -3.72. The Morgan fingerprint density at radius 1 is 1.33 bits per heavy atom. The van der Waals surface area contributed by atoms with Crippen molar-refractivity contribution in [1.29, 1.82) is 0 Å². The lowest BCUT2D eigenvalue weighted by Gasteiger charge is -2.23. The Labute approximate surface area is 133 Å². The number of sulfonamides is 1. The van der Waals surface area contributed by atoms with Gasteiger partial charge < -0.3 is 4.90 Å². The average molecular weight is 375 g/mol. The van der Waals surface area contributed by atoms with E-state index in [4.69, 9.17) is 0 Å². The first-order valence-electron chi connectivity index (χ1n) is 7.01. The van der Waals surface area contributed by atoms with Gasteiger partial charge in [0.1, 0.15) is 6.04 Å². The van der Waals surface area contributed by atoms with Crippen LogP contribution in [0.2, 0.25) is 0 Å². The van der Waals surface area contributed by atoms with Crippen LogP contribution in [-0.4, -0.2) is 38.4 Å². The molecule has 1 aliphatic heterocycles. The first-order chi connectivity index (χ1) is 9.95. The monoisotopic (exact) mass is 374 g/mol. The van der Waals surface area contributed by atoms with E-state index in [0.717, 1.165) is 12.8 Å². The number of carbonyl (C=O) groups is 1. The summed E-state index contributed by atoms with van der Waals surface area (Å²) in [6.07, 6.45) is 2.29. The molecule has 7 heteroatoms. The number of nitrogens with zero attached hydrogens (tertiary/aromatic N) is 1. The van der Waals surface area contributed by atoms with E-state index in [1.165, 1.54) is 6.07 Å². The number of rotatable bonds is 4. The summed E-state index contributed by atoms with van der Waals surface area (Å²) >= 11 is 3.24. The molecule has 2 rings (SSSR count). The normalized spacial score (nSPS) is 20.4. The first-order valence-corrected chi connectivity index (χ1v) is 9.29. The molecule has 116 valence electrons. The van der Waals surface area contributed by atoms with E-state index in [1.807, 2.05) is 6.92 Å². The predicted octanol–water partition coefficient (Wildman–Crippen LogP) is 2.13. The van der Waals surface area contributed by atoms with Crippen molar-refractivity contribution >= 4 is 31.9 Å². The number of hydrogen-bond donors (Lipinski definition) is 1. The molecule has 1 N–H and O–H groups in total. The molecule has 1 aromatic carbocycles. The van der Waals surface area contributed by atoms with Crippen LogP contribution < -0.4 is 4.72 Å². The van der Waals surface area contributed by atoms with Crippen LogP contribution in [0.15, 0.2) is 33.6 Å². The lowest BCUT2D eigenvalue weighted by molar-refractivity contribution is -0.132. The molecule has 1 aliphatic rings. The van der Waals surface area contributed by atoms with Gasteiger partial charge in [-0.1, -0.05) is 12.1 Å². The fraction of sp³-hybridized carbons (Fsp3) is 0.500. The summed E-state index contributed by atoms with van der Waals surface area (Å²) in [6.45, 7) is 3.21. The number of amides is 1. The van der Waals surface area contributed by atoms with Crippen molar-refractivity contribution < 1.29 is 13.2 Å². The van der Waals surface area contributed by atoms with Gasteiger partial charge >= 0.3 is 0 Å². The molecule has 0 aromatic heterocycles. The zero-order valence-electron chi connectivity index (χ0n) is 11.9. The summed E-state index contributed by atoms with van der Waals surface area (Å²) in [5.41, 5.74) is 0. The maximum atomic E-state index is 12.5. The number of nitrogens with one attached hydrogen (secondary N) is 1. The van der Waals surface area contributed by atoms with Crippen LogP contribution in [0.3, 0.4) is 0 Å². The summed E-state index contributed by atoms with van der Waals surface area (Å²) in [5.74, 6) is -0.134. The van der Waals surface area contributed by atoms with Gasteiger partial charge in [-0.15, -0.1) is 0 Å². The van der Waals surface area contributed by atoms with Gasteiger partial charge in [-0.05, 0) is 54.2 Å². The van der Waals surface area contributed by atoms with E-state index in [9.17, 15) is 13.2 Å². The Kier molecular flexibility index (Phi) is 5.40. The molecule has 1 amide bonds. The SMILES string of the molecule is CCN1CCCC[C@H](NS(=O)(=O)c2ccccc2Br)C1=O. The molecule has 21 heavy (non-hydrogen) atoms. The van der Waals surface area contributed by atoms with Gasteiger partial charge in [0.15, 0.2) is 0 Å². The highest BCUT2D eigenvalue weighted by atomic mass is 79.9. The van der Waals surface area contributed by atoms with Gasteiger partial charge in [0.2, 0.25) is 15.9 Å². The van der Waals surface area contributed by atoms with Crippen molar-refractivity contribution in [1.82, 2.24) is 9.62 Å². The van der Waals surface area contributed by atoms with Crippen molar-refractivity contribution in [2.24, 2.45) is 0 Å². The Bertz CT molecular complexity index is 618. The zero-order chi connectivity index (χ0) is 15.5. The zero-order valence-corrected chi connectivity index (χ0v) is 14.3. The van der Waals surface area contributed by atoms with Gasteiger partial charge in [0.05, 0.1) is 4.90 Å². The molecule has 1 saturated heterocycles. The number of benzene rings is 1. The van der Waals surface area contributed by atoms with Gasteiger partial charge in [0, 0.05) is 17.6 Å². The highest BCUT2D eigenvalue weighted by molar-refractivity contribution is 9.10. The van der Waals surface area contributed by atoms with Gasteiger partial charge in [-0.25, -0.2) is 8.42 Å². The molecule has 1 aromatic rings. The van der Waals surface area contributed by atoms with E-state index in [2.05, 4.69) is 20.7 Å². The third kappa shape index (κ3) is 3.84. The van der Waals surface area contributed by atoms with Gasteiger partial charge in [0.25, 0.3) is 0 Å². The predicted molar refractivity (Wildman–Crippen MR) is 84.4 cm³/mol. The molecule has 0 unspecified atom stereocenters. The minimum Gasteiger partial charge on any atom is -0.342 e. The van der Waals surface area contributed by atoms with Crippen molar-refractivity contribution in [3.05, 3.63) is 28.7 Å². The van der Waals surface area contributed by atoms with Crippen molar-refractivity contribution in [2.75, 3.05) is 13.1 Å². The third-order valence-electron chi connectivity index (χ3n) is 3.59. The van der Waals surface area contributed by atoms with Gasteiger partial charge in [-0.2, -0.15) is 4.72 Å². The second kappa shape index (κ2) is 6.89. The smallest absolute Gasteiger partial charge is 0.242 e. The highest BCUT2D eigenvalue weighted by Crippen LogP contribution is 2.22. The first kappa shape index (κ1) is 16.5. The lowest BCUT2D eigenvalue weighted by atomic mass is 10.1. The van der Waals surface area contributed by atoms with Crippen LogP contribution in [0, 0.1) is 0 Å². The molecule has 5 nitrogen and oxygen atoms in total. The van der Waals surface area contributed by atoms with Gasteiger partial charge in [-0.3, -0.25) is 4.79 Å². The molecule has 0 aliphatic carbocycles. The maximum absolute atomic E-state index is 12.5. The molecule has 0 radical (unpaired) electrons. The van der Waals surface area contributed by atoms with E-state index >= 15 is 0 Å². The number of likely N-dealkylation sites (tertiary alicyclic amines) is 1. The van der Waals surface area contributed by atoms with Crippen molar-refractivity contribution in [3.63, 3.8) is 0 Å². The van der Waals surface area contributed by atoms with E-state index in [1.54, 1.807) is 23.1 Å². The Balaban J connectivity index is 2.23. The molecule has 1 heterocycles. The van der Waals surface area contributed by atoms with Crippen LogP contribution in [0.5, 0.6) is 0 Å². The summed E-state index contributed by atoms with van der Waals surface area (Å²) in [7, 11) is -3.72. The Hall–Kier alpha value is -0.920. The van der Waals surface area contributed by atoms with E-state index in [-0.39, 0.29) is 10.8 Å². The number of halogens is 1. The van der Waals surface area contributed by atoms with Crippen LogP contribution in [0.25, 0.3) is 0 Å². The molecule has 0 saturated carbocycles. The molecule has 0 bridgehead atoms. The second-order valence-electron chi connectivity index (χ2n) is 5.02. The Morgan fingerprint density at radius 3 is 2.71 bits per heavy atom. The highest BCUT2D eigenvalue weighted by Gasteiger charge is 2.30. The van der Waals surface area contributed by atoms with Crippen LogP contribution in [0.4, 0.5) is 0 Å². The number of hydrogen-bond acceptors (Lipinski definition) is 3. The minimum absolute atomic E-state index is 0.134. The standard InChI is InChI=1S/C14H19BrN2O3S/c1-2-17-10-6-5-8-12(14(17)18)16-21(19,20)13-9-4-3-7-11(13)15/h3-4,7,9,12,16H,2,5-6,8,10H2,1H3/t12-/m0/s1. The van der Waals surface area contributed by atoms with Crippen LogP contribution in [0.1, 0.15) is 26.2 Å². The molecule has 1 atom stereocenters. The number of likely N-dealkylation sites (N-methyl/N-ethyl adjacent to an activating group) is 1. The second-order valence-corrected chi connectivity index (χ2v) is 7.55. The summed E-state index contributed by atoms with van der Waals surface area (Å²) < 4.78 is 28.0. The fourth-order valence-electron chi connectivity index (χ4n) is 2.44. The summed E-state index contributed by atoms with van der Waals surface area (Å²) in [5, 5.41) is 0. The van der Waals surface area contributed by atoms with Crippen molar-refractivity contribution in [3.8, 4) is 0 Å². The van der Waals surface area contributed by atoms with Crippen LogP contribution >= 0.6 is 15.9 Å². The number of carbonyl (C=O) groups excluding carboxylic acids is 1. The quantitative estimate of drug-likeness (QED) is 0.877. The molecule has 1 fully saturated rings. The topological polar surface area (TPSA) is 66.5 Å². The lowest BCUT2D eigenvalue weighted by Crippen LogP contribution is -2.47. The summed E-state index contributed by atoms with van der Waals surface area (Å²) in [4.78, 5) is 14.2. The largest absolute Gasteiger partial charge is 0.342 e. The molecular formula is C14H19BrN2O3S. The average Bonchev–Trinajstić information content (AvgIpc) is 2.61. The van der Waals surface area contributed by atoms with Crippen molar-refractivity contribution in [2.45, 2.75) is 37.1 Å². The maximum Gasteiger partial charge on any atom is 0.242 e. The Morgan fingerprint density at radius 2 is 2.05 bits per heavy atom. The molecular weight excluding hydrogens is 356 g/mol. The third-order valence-corrected chi connectivity index (χ3v) is 6.07. The fourth-order valence-corrected chi connectivity index (χ4v) is 4.67. The molecule has 0 spiro atoms. The summed E-state index contributed by atoms with van der Waals surface area (Å²) in [6, 6.07) is 5.92.